The summed E-state index contributed by atoms with van der Waals surface area (Å²) in [5, 5.41) is 18.8. The Hall–Kier alpha value is -2.21. The average Bonchev–Trinajstić information content (AvgIpc) is 2.80. The van der Waals surface area contributed by atoms with E-state index in [0.29, 0.717) is 6.54 Å². The summed E-state index contributed by atoms with van der Waals surface area (Å²) in [5.41, 5.74) is 3.75. The van der Waals surface area contributed by atoms with Gasteiger partial charge in [-0.1, -0.05) is 13.0 Å². The van der Waals surface area contributed by atoms with Gasteiger partial charge in [0.25, 0.3) is 5.69 Å². The second-order valence-corrected chi connectivity index (χ2v) is 5.11. The largest absolute Gasteiger partial charge is 0.313 e. The molecule has 6 heteroatoms. The number of non-ortho nitro benzene ring substituents is 1. The number of nitrogens with one attached hydrogen (secondary N) is 1. The zero-order valence-corrected chi connectivity index (χ0v) is 12.6. The first-order valence-corrected chi connectivity index (χ1v) is 7.01. The Labute approximate surface area is 123 Å². The van der Waals surface area contributed by atoms with Gasteiger partial charge in [-0.05, 0) is 25.5 Å². The number of hydrogen-bond acceptors (Lipinski definition) is 4. The van der Waals surface area contributed by atoms with Crippen molar-refractivity contribution in [2.24, 2.45) is 7.05 Å². The van der Waals surface area contributed by atoms with E-state index in [-0.39, 0.29) is 10.6 Å². The van der Waals surface area contributed by atoms with Gasteiger partial charge < -0.3 is 5.32 Å². The van der Waals surface area contributed by atoms with Crippen LogP contribution < -0.4 is 5.32 Å². The minimum absolute atomic E-state index is 0.0914. The van der Waals surface area contributed by atoms with E-state index in [1.54, 1.807) is 16.8 Å². The van der Waals surface area contributed by atoms with Gasteiger partial charge in [-0.15, -0.1) is 0 Å². The van der Waals surface area contributed by atoms with Crippen LogP contribution in [-0.4, -0.2) is 21.2 Å². The molecule has 0 unspecified atom stereocenters. The van der Waals surface area contributed by atoms with Crippen LogP contribution in [0.2, 0.25) is 0 Å². The highest BCUT2D eigenvalue weighted by molar-refractivity contribution is 5.69. The van der Waals surface area contributed by atoms with Crippen molar-refractivity contribution in [2.75, 3.05) is 6.54 Å². The highest BCUT2D eigenvalue weighted by Gasteiger charge is 2.16. The molecular weight excluding hydrogens is 268 g/mol. The van der Waals surface area contributed by atoms with Gasteiger partial charge in [0.05, 0.1) is 10.6 Å². The van der Waals surface area contributed by atoms with Gasteiger partial charge in [0, 0.05) is 43.0 Å². The molecule has 0 spiro atoms. The van der Waals surface area contributed by atoms with Crippen LogP contribution in [0, 0.1) is 17.0 Å². The molecule has 0 atom stereocenters. The summed E-state index contributed by atoms with van der Waals surface area (Å²) >= 11 is 0. The molecule has 21 heavy (non-hydrogen) atoms. The molecule has 6 nitrogen and oxygen atoms in total. The Kier molecular flexibility index (Phi) is 4.70. The monoisotopic (exact) mass is 288 g/mol. The first-order valence-electron chi connectivity index (χ1n) is 7.01. The molecule has 112 valence electrons. The molecule has 2 rings (SSSR count). The van der Waals surface area contributed by atoms with Gasteiger partial charge >= 0.3 is 0 Å². The second kappa shape index (κ2) is 6.49. The highest BCUT2D eigenvalue weighted by Crippen LogP contribution is 2.29. The van der Waals surface area contributed by atoms with Crippen molar-refractivity contribution >= 4 is 5.69 Å². The molecule has 1 aromatic carbocycles. The van der Waals surface area contributed by atoms with Crippen molar-refractivity contribution in [1.29, 1.82) is 0 Å². The Bertz CT molecular complexity index is 649. The fourth-order valence-electron chi connectivity index (χ4n) is 2.27. The summed E-state index contributed by atoms with van der Waals surface area (Å²) in [4.78, 5) is 10.6. The van der Waals surface area contributed by atoms with Gasteiger partial charge in [0.1, 0.15) is 0 Å². The number of nitrogens with zero attached hydrogens (tertiary/aromatic N) is 3. The van der Waals surface area contributed by atoms with Crippen molar-refractivity contribution in [2.45, 2.75) is 26.8 Å². The lowest BCUT2D eigenvalue weighted by Crippen LogP contribution is -2.14. The molecule has 0 bridgehead atoms. The maximum absolute atomic E-state index is 11.0. The molecule has 0 aliphatic carbocycles. The average molecular weight is 288 g/mol. The molecule has 0 radical (unpaired) electrons. The molecule has 2 aromatic rings. The smallest absolute Gasteiger partial charge is 0.270 e. The number of hydrogen-bond donors (Lipinski definition) is 1. The number of rotatable bonds is 6. The minimum Gasteiger partial charge on any atom is -0.313 e. The Morgan fingerprint density at radius 2 is 2.19 bits per heavy atom. The van der Waals surface area contributed by atoms with E-state index in [1.165, 1.54) is 6.07 Å². The van der Waals surface area contributed by atoms with E-state index < -0.39 is 0 Å². The third-order valence-corrected chi connectivity index (χ3v) is 3.33. The zero-order chi connectivity index (χ0) is 15.4. The van der Waals surface area contributed by atoms with Crippen LogP contribution in [0.25, 0.3) is 11.3 Å². The SMILES string of the molecule is CCCNCc1cn(C)nc1-c1cc([N+](=O)[O-])ccc1C. The Balaban J connectivity index is 2.41. The van der Waals surface area contributed by atoms with Crippen LogP contribution in [0.3, 0.4) is 0 Å². The summed E-state index contributed by atoms with van der Waals surface area (Å²) in [5.74, 6) is 0. The van der Waals surface area contributed by atoms with Crippen molar-refractivity contribution in [1.82, 2.24) is 15.1 Å². The second-order valence-electron chi connectivity index (χ2n) is 5.11. The number of nitro groups is 1. The summed E-state index contributed by atoms with van der Waals surface area (Å²) in [6, 6.07) is 4.89. The highest BCUT2D eigenvalue weighted by atomic mass is 16.6. The number of benzene rings is 1. The van der Waals surface area contributed by atoms with Crippen LogP contribution in [0.5, 0.6) is 0 Å². The molecule has 0 aliphatic rings. The Morgan fingerprint density at radius 3 is 2.86 bits per heavy atom. The summed E-state index contributed by atoms with van der Waals surface area (Å²) in [6.07, 6.45) is 3.02. The van der Waals surface area contributed by atoms with Crippen molar-refractivity contribution in [3.63, 3.8) is 0 Å². The molecule has 1 heterocycles. The number of nitro benzene ring substituents is 1. The first-order chi connectivity index (χ1) is 10.0. The van der Waals surface area contributed by atoms with E-state index >= 15 is 0 Å². The molecule has 0 saturated heterocycles. The molecule has 0 saturated carbocycles. The maximum Gasteiger partial charge on any atom is 0.270 e. The van der Waals surface area contributed by atoms with E-state index in [4.69, 9.17) is 0 Å². The third-order valence-electron chi connectivity index (χ3n) is 3.33. The quantitative estimate of drug-likeness (QED) is 0.504. The number of aryl methyl sites for hydroxylation is 2. The van der Waals surface area contributed by atoms with Gasteiger partial charge in [0.2, 0.25) is 0 Å². The standard InChI is InChI=1S/C15H20N4O2/c1-4-7-16-9-12-10-18(3)17-15(12)14-8-13(19(20)21)6-5-11(14)2/h5-6,8,10,16H,4,7,9H2,1-3H3. The normalized spacial score (nSPS) is 10.8. The molecular formula is C15H20N4O2. The van der Waals surface area contributed by atoms with Crippen molar-refractivity contribution < 1.29 is 4.92 Å². The van der Waals surface area contributed by atoms with E-state index in [0.717, 1.165) is 35.3 Å². The topological polar surface area (TPSA) is 73.0 Å². The lowest BCUT2D eigenvalue weighted by molar-refractivity contribution is -0.384. The summed E-state index contributed by atoms with van der Waals surface area (Å²) < 4.78 is 1.75. The van der Waals surface area contributed by atoms with E-state index in [9.17, 15) is 10.1 Å². The third kappa shape index (κ3) is 3.46. The van der Waals surface area contributed by atoms with Crippen LogP contribution in [0.15, 0.2) is 24.4 Å². The van der Waals surface area contributed by atoms with Gasteiger partial charge in [-0.3, -0.25) is 14.8 Å². The van der Waals surface area contributed by atoms with E-state index in [2.05, 4.69) is 17.3 Å². The van der Waals surface area contributed by atoms with Crippen LogP contribution in [-0.2, 0) is 13.6 Å². The lowest BCUT2D eigenvalue weighted by Gasteiger charge is -2.07. The predicted molar refractivity (Wildman–Crippen MR) is 82.0 cm³/mol. The minimum atomic E-state index is -0.374. The van der Waals surface area contributed by atoms with Crippen LogP contribution in [0.1, 0.15) is 24.5 Å². The van der Waals surface area contributed by atoms with Gasteiger partial charge in [-0.2, -0.15) is 5.10 Å². The van der Waals surface area contributed by atoms with Crippen molar-refractivity contribution in [3.8, 4) is 11.3 Å². The zero-order valence-electron chi connectivity index (χ0n) is 12.6. The van der Waals surface area contributed by atoms with Crippen molar-refractivity contribution in [3.05, 3.63) is 45.6 Å². The first kappa shape index (κ1) is 15.2. The summed E-state index contributed by atoms with van der Waals surface area (Å²) in [7, 11) is 1.86. The molecule has 1 N–H and O–H groups in total. The molecule has 0 aliphatic heterocycles. The van der Waals surface area contributed by atoms with Crippen LogP contribution in [0.4, 0.5) is 5.69 Å². The fraction of sp³-hybridized carbons (Fsp3) is 0.400. The van der Waals surface area contributed by atoms with Crippen LogP contribution >= 0.6 is 0 Å². The van der Waals surface area contributed by atoms with Gasteiger partial charge in [-0.25, -0.2) is 0 Å². The maximum atomic E-state index is 11.0. The molecule has 1 aromatic heterocycles. The van der Waals surface area contributed by atoms with Gasteiger partial charge in [0.15, 0.2) is 0 Å². The number of aromatic nitrogens is 2. The Morgan fingerprint density at radius 1 is 1.43 bits per heavy atom. The summed E-state index contributed by atoms with van der Waals surface area (Å²) in [6.45, 7) is 5.69. The fourth-order valence-corrected chi connectivity index (χ4v) is 2.27. The lowest BCUT2D eigenvalue weighted by atomic mass is 10.0. The predicted octanol–water partition coefficient (Wildman–Crippen LogP) is 2.80. The molecule has 0 fully saturated rings. The molecule has 0 amide bonds. The van der Waals surface area contributed by atoms with E-state index in [1.807, 2.05) is 20.2 Å².